The molecule has 0 saturated heterocycles. The zero-order valence-electron chi connectivity index (χ0n) is 53.7. The topological polar surface area (TPSA) is 114 Å². The van der Waals surface area contributed by atoms with Crippen molar-refractivity contribution in [2.24, 2.45) is 0 Å². The summed E-state index contributed by atoms with van der Waals surface area (Å²) in [5.41, 5.74) is 0. The molecule has 0 saturated carbocycles. The zero-order chi connectivity index (χ0) is 59.3. The summed E-state index contributed by atoms with van der Waals surface area (Å²) in [7, 11) is 1.17. The van der Waals surface area contributed by atoms with E-state index in [4.69, 9.17) is 13.8 Å². The Balaban J connectivity index is 5.22. The summed E-state index contributed by atoms with van der Waals surface area (Å²) >= 11 is 0. The standard InChI is InChI=1S/C71H129N2O7P/c1-7-10-13-16-19-22-25-28-30-32-34-36-38-40-42-45-48-51-54-57-60-63-70(74)72-68(67-79-81(76,77)78-66-65-73(4,5)6)69(62-59-56-53-50-47-44-27-24-21-18-15-12-9-3)80-71(75)64-61-58-55-52-49-46-43-41-39-37-35-33-31-29-26-23-20-17-14-11-8-2/h11,14,20,23,28-31,35,37,41,43,59,62,68-69H,7-10,12-13,15-19,21-22,24-27,32-34,36,38-40,42,44-58,60-61,63-67H2,1-6H3,(H-,72,74,76,77)/b14-11-,23-20-,30-28+,31-29-,37-35-,43-41-,62-59+. The van der Waals surface area contributed by atoms with Crippen LogP contribution < -0.4 is 10.2 Å². The van der Waals surface area contributed by atoms with Gasteiger partial charge in [-0.25, -0.2) is 0 Å². The number of unbranched alkanes of at least 4 members (excludes halogenated alkanes) is 33. The van der Waals surface area contributed by atoms with Gasteiger partial charge in [0, 0.05) is 12.8 Å². The predicted octanol–water partition coefficient (Wildman–Crippen LogP) is 20.7. The number of amides is 1. The van der Waals surface area contributed by atoms with Gasteiger partial charge in [-0.1, -0.05) is 273 Å². The summed E-state index contributed by atoms with van der Waals surface area (Å²) in [4.78, 5) is 40.1. The van der Waals surface area contributed by atoms with Gasteiger partial charge in [0.05, 0.1) is 33.8 Å². The minimum atomic E-state index is -4.71. The lowest BCUT2D eigenvalue weighted by Gasteiger charge is -2.30. The van der Waals surface area contributed by atoms with Crippen molar-refractivity contribution in [3.05, 3.63) is 85.1 Å². The van der Waals surface area contributed by atoms with Crippen molar-refractivity contribution in [2.45, 2.75) is 315 Å². The summed E-state index contributed by atoms with van der Waals surface area (Å²) in [5.74, 6) is -0.559. The maximum Gasteiger partial charge on any atom is 0.306 e. The molecular formula is C71H129N2O7P. The summed E-state index contributed by atoms with van der Waals surface area (Å²) in [5, 5.41) is 3.04. The van der Waals surface area contributed by atoms with E-state index in [1.54, 1.807) is 0 Å². The van der Waals surface area contributed by atoms with E-state index in [1.807, 2.05) is 33.3 Å². The highest BCUT2D eigenvalue weighted by Crippen LogP contribution is 2.38. The lowest BCUT2D eigenvalue weighted by Crippen LogP contribution is -2.47. The third kappa shape index (κ3) is 61.6. The quantitative estimate of drug-likeness (QED) is 0.0212. The number of phosphoric acid groups is 1. The molecule has 0 spiro atoms. The number of hydrogen-bond acceptors (Lipinski definition) is 7. The van der Waals surface area contributed by atoms with Gasteiger partial charge >= 0.3 is 5.97 Å². The molecule has 470 valence electrons. The number of esters is 1. The molecule has 0 bridgehead atoms. The fourth-order valence-corrected chi connectivity index (χ4v) is 10.3. The number of quaternary nitrogens is 1. The van der Waals surface area contributed by atoms with Gasteiger partial charge in [0.25, 0.3) is 7.82 Å². The molecule has 0 heterocycles. The number of nitrogens with zero attached hydrogens (tertiary/aromatic N) is 1. The molecule has 3 atom stereocenters. The molecule has 10 heteroatoms. The highest BCUT2D eigenvalue weighted by atomic mass is 31.2. The van der Waals surface area contributed by atoms with Crippen molar-refractivity contribution in [3.63, 3.8) is 0 Å². The van der Waals surface area contributed by atoms with Gasteiger partial charge in [-0.05, 0) is 102 Å². The molecule has 0 fully saturated rings. The van der Waals surface area contributed by atoms with Crippen LogP contribution in [0.4, 0.5) is 0 Å². The van der Waals surface area contributed by atoms with Crippen molar-refractivity contribution >= 4 is 19.7 Å². The highest BCUT2D eigenvalue weighted by Gasteiger charge is 2.27. The minimum absolute atomic E-state index is 0.0283. The normalized spacial score (nSPS) is 14.1. The molecule has 3 unspecified atom stereocenters. The van der Waals surface area contributed by atoms with Crippen LogP contribution in [0.3, 0.4) is 0 Å². The fraction of sp³-hybridized carbons (Fsp3) is 0.775. The minimum Gasteiger partial charge on any atom is -0.756 e. The van der Waals surface area contributed by atoms with E-state index in [0.29, 0.717) is 23.9 Å². The van der Waals surface area contributed by atoms with Crippen LogP contribution >= 0.6 is 7.82 Å². The summed E-state index contributed by atoms with van der Waals surface area (Å²) < 4.78 is 30.4. The second kappa shape index (κ2) is 60.3. The van der Waals surface area contributed by atoms with Gasteiger partial charge in [-0.3, -0.25) is 14.2 Å². The first-order chi connectivity index (χ1) is 39.4. The maximum absolute atomic E-state index is 13.6. The van der Waals surface area contributed by atoms with E-state index in [0.717, 1.165) is 103 Å². The molecule has 0 radical (unpaired) electrons. The van der Waals surface area contributed by atoms with Crippen LogP contribution in [0.1, 0.15) is 303 Å². The van der Waals surface area contributed by atoms with Crippen molar-refractivity contribution in [1.82, 2.24) is 5.32 Å². The smallest absolute Gasteiger partial charge is 0.306 e. The third-order valence-electron chi connectivity index (χ3n) is 14.8. The second-order valence-electron chi connectivity index (χ2n) is 23.9. The average Bonchev–Trinajstić information content (AvgIpc) is 3.44. The van der Waals surface area contributed by atoms with Gasteiger partial charge in [0.15, 0.2) is 0 Å². The van der Waals surface area contributed by atoms with Gasteiger partial charge in [-0.2, -0.15) is 0 Å². The molecule has 0 aromatic heterocycles. The van der Waals surface area contributed by atoms with E-state index in [9.17, 15) is 19.0 Å². The third-order valence-corrected chi connectivity index (χ3v) is 15.8. The average molecular weight is 1150 g/mol. The lowest BCUT2D eigenvalue weighted by atomic mass is 10.0. The van der Waals surface area contributed by atoms with Crippen LogP contribution in [0.25, 0.3) is 0 Å². The molecule has 0 aliphatic rings. The Morgan fingerprint density at radius 2 is 0.790 bits per heavy atom. The Kier molecular flexibility index (Phi) is 58.2. The molecule has 0 aliphatic heterocycles. The van der Waals surface area contributed by atoms with E-state index in [2.05, 4.69) is 99.0 Å². The Morgan fingerprint density at radius 3 is 1.20 bits per heavy atom. The number of allylic oxidation sites excluding steroid dienone is 13. The van der Waals surface area contributed by atoms with Crippen molar-refractivity contribution < 1.29 is 37.3 Å². The monoisotopic (exact) mass is 1150 g/mol. The van der Waals surface area contributed by atoms with E-state index >= 15 is 0 Å². The molecule has 0 rings (SSSR count). The number of nitrogens with one attached hydrogen (secondary N) is 1. The van der Waals surface area contributed by atoms with Crippen LogP contribution in [0, 0.1) is 0 Å². The number of hydrogen-bond donors (Lipinski definition) is 1. The number of ether oxygens (including phenoxy) is 1. The van der Waals surface area contributed by atoms with E-state index in [1.165, 1.54) is 161 Å². The Hall–Kier alpha value is -2.81. The molecule has 1 N–H and O–H groups in total. The van der Waals surface area contributed by atoms with Gasteiger partial charge < -0.3 is 28.5 Å². The Labute approximate surface area is 501 Å². The molecule has 0 aromatic carbocycles. The largest absolute Gasteiger partial charge is 0.756 e. The lowest BCUT2D eigenvalue weighted by molar-refractivity contribution is -0.870. The second-order valence-corrected chi connectivity index (χ2v) is 25.4. The number of phosphoric ester groups is 1. The molecule has 0 aromatic rings. The Morgan fingerprint density at radius 1 is 0.444 bits per heavy atom. The summed E-state index contributed by atoms with van der Waals surface area (Å²) in [6.07, 6.45) is 79.8. The molecule has 9 nitrogen and oxygen atoms in total. The van der Waals surface area contributed by atoms with Gasteiger partial charge in [-0.15, -0.1) is 0 Å². The number of carbonyl (C=O) groups is 2. The van der Waals surface area contributed by atoms with Crippen LogP contribution in [0.2, 0.25) is 0 Å². The van der Waals surface area contributed by atoms with Gasteiger partial charge in [0.2, 0.25) is 5.91 Å². The van der Waals surface area contributed by atoms with E-state index < -0.39 is 26.6 Å². The van der Waals surface area contributed by atoms with Gasteiger partial charge in [0.1, 0.15) is 19.3 Å². The fourth-order valence-electron chi connectivity index (χ4n) is 9.60. The Bertz CT molecular complexity index is 1660. The van der Waals surface area contributed by atoms with Crippen molar-refractivity contribution in [1.29, 1.82) is 0 Å². The zero-order valence-corrected chi connectivity index (χ0v) is 54.6. The molecule has 81 heavy (non-hydrogen) atoms. The van der Waals surface area contributed by atoms with Crippen molar-refractivity contribution in [2.75, 3.05) is 40.9 Å². The van der Waals surface area contributed by atoms with Crippen LogP contribution in [0.15, 0.2) is 85.1 Å². The summed E-state index contributed by atoms with van der Waals surface area (Å²) in [6, 6.07) is -0.901. The van der Waals surface area contributed by atoms with Crippen LogP contribution in [0.5, 0.6) is 0 Å². The first-order valence-corrected chi connectivity index (χ1v) is 35.4. The SMILES string of the molecule is CC/C=C\C/C=C\C/C=C\C/C=C\C/C=C\CCCCCCCC(=O)OC(/C=C/CCCCCCCCCCCCC)C(COP(=O)([O-])OCC[N+](C)(C)C)NC(=O)CCCCCCCCCCCCC/C=C/CCCCCCCC. The highest BCUT2D eigenvalue weighted by molar-refractivity contribution is 7.45. The van der Waals surface area contributed by atoms with Crippen LogP contribution in [-0.4, -0.2) is 69.4 Å². The number of rotatable bonds is 61. The molecule has 0 aliphatic carbocycles. The number of likely N-dealkylation sites (N-methyl/N-ethyl adjacent to an activating group) is 1. The number of carbonyl (C=O) groups excluding carboxylic acids is 2. The first-order valence-electron chi connectivity index (χ1n) is 33.9. The summed E-state index contributed by atoms with van der Waals surface area (Å²) in [6.45, 7) is 6.74. The first kappa shape index (κ1) is 78.2. The van der Waals surface area contributed by atoms with Crippen molar-refractivity contribution in [3.8, 4) is 0 Å². The van der Waals surface area contributed by atoms with E-state index in [-0.39, 0.29) is 24.9 Å². The van der Waals surface area contributed by atoms with Crippen LogP contribution in [-0.2, 0) is 27.9 Å². The maximum atomic E-state index is 13.6. The molecule has 1 amide bonds. The predicted molar refractivity (Wildman–Crippen MR) is 348 cm³/mol. The molecular weight excluding hydrogens is 1020 g/mol.